The van der Waals surface area contributed by atoms with E-state index in [4.69, 9.17) is 9.73 Å². The van der Waals surface area contributed by atoms with Crippen LogP contribution < -0.4 is 16.0 Å². The van der Waals surface area contributed by atoms with Gasteiger partial charge in [-0.25, -0.2) is 4.99 Å². The van der Waals surface area contributed by atoms with Crippen LogP contribution in [0.3, 0.4) is 0 Å². The second-order valence-corrected chi connectivity index (χ2v) is 9.05. The van der Waals surface area contributed by atoms with Crippen molar-refractivity contribution in [1.82, 2.24) is 10.6 Å². The number of hydrogen-bond acceptors (Lipinski definition) is 4. The summed E-state index contributed by atoms with van der Waals surface area (Å²) in [4.78, 5) is 18.3. The standard InChI is InChI=1S/C23H32N4O2S/c1-4-24-22(26-16-23(2,3)20-11-7-13-30-20)25-15-17-8-5-9-18(14-17)27-21(28)19-10-6-12-29-19/h5,7-9,11,13-14,19H,4,6,10,12,15-16H2,1-3H3,(H,27,28)(H2,24,25,26). The molecular formula is C23H32N4O2S. The Bertz CT molecular complexity index is 843. The highest BCUT2D eigenvalue weighted by Gasteiger charge is 2.24. The number of carbonyl (C=O) groups excluding carboxylic acids is 1. The number of hydrogen-bond donors (Lipinski definition) is 3. The number of nitrogens with zero attached hydrogens (tertiary/aromatic N) is 1. The van der Waals surface area contributed by atoms with Crippen LogP contribution in [-0.2, 0) is 21.5 Å². The zero-order valence-electron chi connectivity index (χ0n) is 18.0. The summed E-state index contributed by atoms with van der Waals surface area (Å²) in [5.74, 6) is 0.717. The van der Waals surface area contributed by atoms with Crippen LogP contribution >= 0.6 is 11.3 Å². The van der Waals surface area contributed by atoms with E-state index >= 15 is 0 Å². The molecule has 1 unspecified atom stereocenters. The monoisotopic (exact) mass is 428 g/mol. The van der Waals surface area contributed by atoms with Gasteiger partial charge >= 0.3 is 0 Å². The number of guanidine groups is 1. The molecule has 1 aromatic heterocycles. The molecule has 0 saturated carbocycles. The molecule has 2 heterocycles. The number of thiophene rings is 1. The Hall–Kier alpha value is -2.38. The molecule has 1 aliphatic rings. The minimum absolute atomic E-state index is 0.0247. The van der Waals surface area contributed by atoms with Gasteiger partial charge in [0.2, 0.25) is 0 Å². The van der Waals surface area contributed by atoms with E-state index in [1.165, 1.54) is 4.88 Å². The lowest BCUT2D eigenvalue weighted by Gasteiger charge is -2.25. The predicted octanol–water partition coefficient (Wildman–Crippen LogP) is 3.90. The summed E-state index contributed by atoms with van der Waals surface area (Å²) in [7, 11) is 0. The van der Waals surface area contributed by atoms with Gasteiger partial charge < -0.3 is 20.7 Å². The minimum atomic E-state index is -0.331. The van der Waals surface area contributed by atoms with Crippen molar-refractivity contribution in [1.29, 1.82) is 0 Å². The number of benzene rings is 1. The second kappa shape index (κ2) is 10.6. The van der Waals surface area contributed by atoms with Crippen molar-refractivity contribution < 1.29 is 9.53 Å². The molecule has 3 rings (SSSR count). The fourth-order valence-corrected chi connectivity index (χ4v) is 4.17. The highest BCUT2D eigenvalue weighted by Crippen LogP contribution is 2.26. The van der Waals surface area contributed by atoms with Crippen molar-refractivity contribution >= 4 is 28.9 Å². The van der Waals surface area contributed by atoms with Crippen LogP contribution in [0, 0.1) is 0 Å². The van der Waals surface area contributed by atoms with E-state index in [9.17, 15) is 4.79 Å². The molecule has 3 N–H and O–H groups in total. The van der Waals surface area contributed by atoms with Crippen molar-refractivity contribution in [2.24, 2.45) is 4.99 Å². The maximum atomic E-state index is 12.3. The molecule has 1 amide bonds. The number of nitrogens with one attached hydrogen (secondary N) is 3. The number of carbonyl (C=O) groups is 1. The van der Waals surface area contributed by atoms with Gasteiger partial charge in [-0.2, -0.15) is 0 Å². The second-order valence-electron chi connectivity index (χ2n) is 8.10. The largest absolute Gasteiger partial charge is 0.368 e. The highest BCUT2D eigenvalue weighted by atomic mass is 32.1. The quantitative estimate of drug-likeness (QED) is 0.440. The van der Waals surface area contributed by atoms with Crippen LogP contribution in [0.4, 0.5) is 5.69 Å². The van der Waals surface area contributed by atoms with Gasteiger partial charge in [-0.05, 0) is 48.9 Å². The van der Waals surface area contributed by atoms with Crippen LogP contribution in [0.25, 0.3) is 0 Å². The molecule has 162 valence electrons. The average Bonchev–Trinajstić information content (AvgIpc) is 3.45. The zero-order chi connectivity index (χ0) is 21.4. The average molecular weight is 429 g/mol. The van der Waals surface area contributed by atoms with Crippen LogP contribution in [0.15, 0.2) is 46.8 Å². The van der Waals surface area contributed by atoms with E-state index in [2.05, 4.69) is 54.2 Å². The van der Waals surface area contributed by atoms with Crippen LogP contribution in [0.1, 0.15) is 44.1 Å². The molecule has 0 bridgehead atoms. The summed E-state index contributed by atoms with van der Waals surface area (Å²) in [5, 5.41) is 11.8. The predicted molar refractivity (Wildman–Crippen MR) is 124 cm³/mol. The maximum absolute atomic E-state index is 12.3. The van der Waals surface area contributed by atoms with Gasteiger partial charge in [0, 0.05) is 35.7 Å². The molecule has 0 radical (unpaired) electrons. The number of amides is 1. The molecular weight excluding hydrogens is 396 g/mol. The first-order valence-corrected chi connectivity index (χ1v) is 11.4. The smallest absolute Gasteiger partial charge is 0.253 e. The maximum Gasteiger partial charge on any atom is 0.253 e. The van der Waals surface area contributed by atoms with E-state index in [0.717, 1.165) is 43.1 Å². The van der Waals surface area contributed by atoms with E-state index in [-0.39, 0.29) is 17.4 Å². The van der Waals surface area contributed by atoms with E-state index in [1.807, 2.05) is 24.3 Å². The van der Waals surface area contributed by atoms with Gasteiger partial charge in [0.15, 0.2) is 5.96 Å². The summed E-state index contributed by atoms with van der Waals surface area (Å²) in [6, 6.07) is 12.1. The molecule has 30 heavy (non-hydrogen) atoms. The number of aliphatic imine (C=N–C) groups is 1. The van der Waals surface area contributed by atoms with Crippen molar-refractivity contribution in [2.45, 2.75) is 51.7 Å². The topological polar surface area (TPSA) is 74.8 Å². The third-order valence-electron chi connectivity index (χ3n) is 5.07. The molecule has 2 aromatic rings. The fraction of sp³-hybridized carbons (Fsp3) is 0.478. The lowest BCUT2D eigenvalue weighted by molar-refractivity contribution is -0.124. The molecule has 6 nitrogen and oxygen atoms in total. The van der Waals surface area contributed by atoms with Gasteiger partial charge in [-0.3, -0.25) is 4.79 Å². The molecule has 7 heteroatoms. The van der Waals surface area contributed by atoms with Crippen LogP contribution in [0.5, 0.6) is 0 Å². The summed E-state index contributed by atoms with van der Waals surface area (Å²) in [6.45, 7) is 9.29. The molecule has 1 aliphatic heterocycles. The van der Waals surface area contributed by atoms with Gasteiger partial charge in [-0.1, -0.05) is 32.0 Å². The first-order chi connectivity index (χ1) is 14.5. The molecule has 1 atom stereocenters. The van der Waals surface area contributed by atoms with E-state index < -0.39 is 0 Å². The van der Waals surface area contributed by atoms with Gasteiger partial charge in [0.25, 0.3) is 5.91 Å². The summed E-state index contributed by atoms with van der Waals surface area (Å²) < 4.78 is 5.45. The molecule has 1 saturated heterocycles. The van der Waals surface area contributed by atoms with Crippen LogP contribution in [-0.4, -0.2) is 37.7 Å². The SMILES string of the molecule is CCNC(=NCc1cccc(NC(=O)C2CCCO2)c1)NCC(C)(C)c1cccs1. The Kier molecular flexibility index (Phi) is 7.87. The third kappa shape index (κ3) is 6.31. The molecule has 0 aliphatic carbocycles. The minimum Gasteiger partial charge on any atom is -0.368 e. The Morgan fingerprint density at radius 2 is 2.13 bits per heavy atom. The lowest BCUT2D eigenvalue weighted by atomic mass is 9.91. The zero-order valence-corrected chi connectivity index (χ0v) is 18.8. The molecule has 1 fully saturated rings. The van der Waals surface area contributed by atoms with Crippen molar-refractivity contribution in [3.63, 3.8) is 0 Å². The highest BCUT2D eigenvalue weighted by molar-refractivity contribution is 7.10. The summed E-state index contributed by atoms with van der Waals surface area (Å²) >= 11 is 1.78. The van der Waals surface area contributed by atoms with Gasteiger partial charge in [0.05, 0.1) is 6.54 Å². The Labute approximate surface area is 183 Å². The summed E-state index contributed by atoms with van der Waals surface area (Å²) in [5.41, 5.74) is 1.84. The third-order valence-corrected chi connectivity index (χ3v) is 6.30. The Morgan fingerprint density at radius 3 is 2.83 bits per heavy atom. The van der Waals surface area contributed by atoms with Crippen molar-refractivity contribution in [3.8, 4) is 0 Å². The van der Waals surface area contributed by atoms with E-state index in [0.29, 0.717) is 13.2 Å². The number of rotatable bonds is 8. The molecule has 0 spiro atoms. The van der Waals surface area contributed by atoms with Crippen LogP contribution in [0.2, 0.25) is 0 Å². The fourth-order valence-electron chi connectivity index (χ4n) is 3.32. The van der Waals surface area contributed by atoms with E-state index in [1.54, 1.807) is 11.3 Å². The van der Waals surface area contributed by atoms with Crippen molar-refractivity contribution in [2.75, 3.05) is 25.0 Å². The first kappa shape index (κ1) is 22.3. The Balaban J connectivity index is 1.59. The van der Waals surface area contributed by atoms with Gasteiger partial charge in [-0.15, -0.1) is 11.3 Å². The molecule has 1 aromatic carbocycles. The number of ether oxygens (including phenoxy) is 1. The normalized spacial score (nSPS) is 17.0. The number of anilines is 1. The Morgan fingerprint density at radius 1 is 1.27 bits per heavy atom. The van der Waals surface area contributed by atoms with Gasteiger partial charge in [0.1, 0.15) is 6.10 Å². The van der Waals surface area contributed by atoms with Crippen molar-refractivity contribution in [3.05, 3.63) is 52.2 Å². The lowest BCUT2D eigenvalue weighted by Crippen LogP contribution is -2.43. The summed E-state index contributed by atoms with van der Waals surface area (Å²) in [6.07, 6.45) is 1.40. The first-order valence-electron chi connectivity index (χ1n) is 10.6.